The highest BCUT2D eigenvalue weighted by atomic mass is 16.3. The zero-order valence-corrected chi connectivity index (χ0v) is 17.0. The molecule has 152 valence electrons. The Morgan fingerprint density at radius 1 is 1.15 bits per heavy atom. The number of aliphatic hydroxyl groups excluding tert-OH is 1. The van der Waals surface area contributed by atoms with E-state index < -0.39 is 0 Å². The summed E-state index contributed by atoms with van der Waals surface area (Å²) in [6, 6.07) is 0. The molecule has 4 N–H and O–H groups in total. The van der Waals surface area contributed by atoms with Gasteiger partial charge in [-0.15, -0.1) is 0 Å². The van der Waals surface area contributed by atoms with Gasteiger partial charge in [0.2, 0.25) is 5.91 Å². The molecule has 26 heavy (non-hydrogen) atoms. The summed E-state index contributed by atoms with van der Waals surface area (Å²) in [5.74, 6) is 2.55. The Bertz CT molecular complexity index is 407. The van der Waals surface area contributed by atoms with Gasteiger partial charge in [0.05, 0.1) is 0 Å². The Kier molecular flexibility index (Phi) is 12.1. The summed E-state index contributed by atoms with van der Waals surface area (Å²) >= 11 is 0. The zero-order chi connectivity index (χ0) is 19.2. The fourth-order valence-electron chi connectivity index (χ4n) is 3.63. The summed E-state index contributed by atoms with van der Waals surface area (Å²) in [7, 11) is 0. The zero-order valence-electron chi connectivity index (χ0n) is 17.0. The minimum Gasteiger partial charge on any atom is -0.396 e. The third-order valence-corrected chi connectivity index (χ3v) is 4.88. The molecule has 1 saturated carbocycles. The third kappa shape index (κ3) is 10.6. The van der Waals surface area contributed by atoms with Gasteiger partial charge in [-0.1, -0.05) is 26.7 Å². The fourth-order valence-corrected chi connectivity index (χ4v) is 3.63. The van der Waals surface area contributed by atoms with Crippen LogP contribution in [0.5, 0.6) is 0 Å². The summed E-state index contributed by atoms with van der Waals surface area (Å²) in [5, 5.41) is 18.8. The Hall–Kier alpha value is -1.30. The van der Waals surface area contributed by atoms with E-state index in [1.165, 1.54) is 25.7 Å². The number of hydrogen-bond acceptors (Lipinski definition) is 3. The number of rotatable bonds is 12. The number of nitrogens with one attached hydrogen (secondary N) is 3. The van der Waals surface area contributed by atoms with Crippen molar-refractivity contribution in [2.45, 2.75) is 65.7 Å². The van der Waals surface area contributed by atoms with Crippen LogP contribution in [-0.4, -0.2) is 49.8 Å². The molecule has 1 atom stereocenters. The van der Waals surface area contributed by atoms with Gasteiger partial charge in [-0.05, 0) is 50.4 Å². The van der Waals surface area contributed by atoms with E-state index in [0.717, 1.165) is 25.3 Å². The van der Waals surface area contributed by atoms with E-state index in [0.29, 0.717) is 43.8 Å². The maximum atomic E-state index is 12.0. The molecule has 6 heteroatoms. The Morgan fingerprint density at radius 3 is 2.46 bits per heavy atom. The summed E-state index contributed by atoms with van der Waals surface area (Å²) in [5.41, 5.74) is 0. The molecule has 0 aromatic heterocycles. The van der Waals surface area contributed by atoms with Crippen LogP contribution in [0.2, 0.25) is 0 Å². The quantitative estimate of drug-likeness (QED) is 0.242. The predicted molar refractivity (Wildman–Crippen MR) is 108 cm³/mol. The minimum atomic E-state index is 0.167. The largest absolute Gasteiger partial charge is 0.396 e. The second kappa shape index (κ2) is 13.8. The lowest BCUT2D eigenvalue weighted by molar-refractivity contribution is -0.121. The maximum Gasteiger partial charge on any atom is 0.220 e. The number of hydrogen-bond donors (Lipinski definition) is 4. The van der Waals surface area contributed by atoms with Crippen LogP contribution in [0.15, 0.2) is 4.99 Å². The third-order valence-electron chi connectivity index (χ3n) is 4.88. The number of carbonyl (C=O) groups is 1. The maximum absolute atomic E-state index is 12.0. The molecule has 1 unspecified atom stereocenters. The monoisotopic (exact) mass is 368 g/mol. The Balaban J connectivity index is 2.30. The molecule has 0 bridgehead atoms. The van der Waals surface area contributed by atoms with Crippen LogP contribution in [0.1, 0.15) is 65.7 Å². The first-order valence-electron chi connectivity index (χ1n) is 10.4. The molecular formula is C20H40N4O2. The van der Waals surface area contributed by atoms with Gasteiger partial charge < -0.3 is 21.1 Å². The molecule has 1 aliphatic rings. The second-order valence-electron chi connectivity index (χ2n) is 7.86. The first-order chi connectivity index (χ1) is 12.5. The molecular weight excluding hydrogens is 328 g/mol. The number of guanidine groups is 1. The SMILES string of the molecule is CCNC(=NCC(CCO)CC(C)C)NCCNC(=O)CC1CCCC1. The van der Waals surface area contributed by atoms with Crippen LogP contribution < -0.4 is 16.0 Å². The number of aliphatic hydroxyl groups is 1. The van der Waals surface area contributed by atoms with E-state index in [4.69, 9.17) is 0 Å². The Labute approximate surface area is 159 Å². The number of amides is 1. The van der Waals surface area contributed by atoms with Crippen molar-refractivity contribution in [3.8, 4) is 0 Å². The van der Waals surface area contributed by atoms with Crippen LogP contribution in [0.4, 0.5) is 0 Å². The summed E-state index contributed by atoms with van der Waals surface area (Å²) in [4.78, 5) is 16.6. The van der Waals surface area contributed by atoms with Crippen molar-refractivity contribution >= 4 is 11.9 Å². The van der Waals surface area contributed by atoms with Crippen LogP contribution >= 0.6 is 0 Å². The summed E-state index contributed by atoms with van der Waals surface area (Å²) < 4.78 is 0. The molecule has 0 saturated heterocycles. The normalized spacial score (nSPS) is 16.7. The first-order valence-corrected chi connectivity index (χ1v) is 10.4. The molecule has 0 spiro atoms. The van der Waals surface area contributed by atoms with Crippen LogP contribution in [0.25, 0.3) is 0 Å². The van der Waals surface area contributed by atoms with Crippen molar-refractivity contribution < 1.29 is 9.90 Å². The number of carbonyl (C=O) groups excluding carboxylic acids is 1. The second-order valence-corrected chi connectivity index (χ2v) is 7.86. The number of nitrogens with zero attached hydrogens (tertiary/aromatic N) is 1. The standard InChI is InChI=1S/C20H40N4O2/c1-4-21-20(24-15-18(9-12-25)13-16(2)3)23-11-10-22-19(26)14-17-7-5-6-8-17/h16-18,25H,4-15H2,1-3H3,(H,22,26)(H2,21,23,24). The molecule has 0 aromatic rings. The smallest absolute Gasteiger partial charge is 0.220 e. The number of aliphatic imine (C=N–C) groups is 1. The van der Waals surface area contributed by atoms with E-state index in [9.17, 15) is 9.90 Å². The molecule has 6 nitrogen and oxygen atoms in total. The van der Waals surface area contributed by atoms with Crippen LogP contribution in [0.3, 0.4) is 0 Å². The molecule has 1 aliphatic carbocycles. The molecule has 0 aliphatic heterocycles. The first kappa shape index (κ1) is 22.7. The lowest BCUT2D eigenvalue weighted by Gasteiger charge is -2.17. The summed E-state index contributed by atoms with van der Waals surface area (Å²) in [6.07, 6.45) is 7.49. The minimum absolute atomic E-state index is 0.167. The topological polar surface area (TPSA) is 85.8 Å². The van der Waals surface area contributed by atoms with Crippen molar-refractivity contribution in [1.29, 1.82) is 0 Å². The average molecular weight is 369 g/mol. The highest BCUT2D eigenvalue weighted by Gasteiger charge is 2.18. The average Bonchev–Trinajstić information content (AvgIpc) is 3.08. The van der Waals surface area contributed by atoms with Gasteiger partial charge in [0.25, 0.3) is 0 Å². The van der Waals surface area contributed by atoms with E-state index in [2.05, 4.69) is 34.8 Å². The van der Waals surface area contributed by atoms with Gasteiger partial charge in [0.15, 0.2) is 5.96 Å². The van der Waals surface area contributed by atoms with Gasteiger partial charge in [0, 0.05) is 39.2 Å². The van der Waals surface area contributed by atoms with Crippen molar-refractivity contribution in [1.82, 2.24) is 16.0 Å². The lowest BCUT2D eigenvalue weighted by atomic mass is 9.94. The fraction of sp³-hybridized carbons (Fsp3) is 0.900. The molecule has 1 fully saturated rings. The van der Waals surface area contributed by atoms with E-state index in [-0.39, 0.29) is 12.5 Å². The Morgan fingerprint density at radius 2 is 1.85 bits per heavy atom. The van der Waals surface area contributed by atoms with Crippen molar-refractivity contribution in [2.24, 2.45) is 22.7 Å². The van der Waals surface area contributed by atoms with Crippen LogP contribution in [-0.2, 0) is 4.79 Å². The molecule has 0 radical (unpaired) electrons. The highest BCUT2D eigenvalue weighted by Crippen LogP contribution is 2.27. The summed E-state index contributed by atoms with van der Waals surface area (Å²) in [6.45, 7) is 9.44. The van der Waals surface area contributed by atoms with E-state index >= 15 is 0 Å². The molecule has 0 heterocycles. The van der Waals surface area contributed by atoms with Crippen molar-refractivity contribution in [3.05, 3.63) is 0 Å². The van der Waals surface area contributed by atoms with E-state index in [1.54, 1.807) is 0 Å². The van der Waals surface area contributed by atoms with Gasteiger partial charge >= 0.3 is 0 Å². The van der Waals surface area contributed by atoms with Gasteiger partial charge in [-0.25, -0.2) is 0 Å². The lowest BCUT2D eigenvalue weighted by Crippen LogP contribution is -2.42. The van der Waals surface area contributed by atoms with Gasteiger partial charge in [0.1, 0.15) is 0 Å². The molecule has 1 amide bonds. The molecule has 0 aromatic carbocycles. The highest BCUT2D eigenvalue weighted by molar-refractivity contribution is 5.80. The van der Waals surface area contributed by atoms with Crippen LogP contribution in [0, 0.1) is 17.8 Å². The van der Waals surface area contributed by atoms with Gasteiger partial charge in [-0.2, -0.15) is 0 Å². The molecule has 1 rings (SSSR count). The van der Waals surface area contributed by atoms with E-state index in [1.807, 2.05) is 6.92 Å². The van der Waals surface area contributed by atoms with Crippen molar-refractivity contribution in [3.63, 3.8) is 0 Å². The van der Waals surface area contributed by atoms with Gasteiger partial charge in [-0.3, -0.25) is 9.79 Å². The van der Waals surface area contributed by atoms with Crippen molar-refractivity contribution in [2.75, 3.05) is 32.8 Å². The predicted octanol–water partition coefficient (Wildman–Crippen LogP) is 2.28.